The van der Waals surface area contributed by atoms with Crippen molar-refractivity contribution in [2.75, 3.05) is 18.1 Å². The lowest BCUT2D eigenvalue weighted by Crippen LogP contribution is -2.32. The molecule has 0 radical (unpaired) electrons. The zero-order chi connectivity index (χ0) is 12.6. The minimum Gasteiger partial charge on any atom is -0.397 e. The molecule has 1 aliphatic rings. The van der Waals surface area contributed by atoms with E-state index in [0.717, 1.165) is 10.5 Å². The van der Waals surface area contributed by atoms with Gasteiger partial charge in [-0.2, -0.15) is 0 Å². The van der Waals surface area contributed by atoms with Crippen molar-refractivity contribution in [3.63, 3.8) is 0 Å². The highest BCUT2D eigenvalue weighted by Gasteiger charge is 2.36. The van der Waals surface area contributed by atoms with Gasteiger partial charge in [-0.15, -0.1) is 0 Å². The summed E-state index contributed by atoms with van der Waals surface area (Å²) in [6, 6.07) is 5.05. The maximum Gasteiger partial charge on any atom is 0.251 e. The molecule has 1 saturated heterocycles. The maximum atomic E-state index is 11.7. The van der Waals surface area contributed by atoms with E-state index in [4.69, 9.17) is 5.73 Å². The first kappa shape index (κ1) is 11.4. The molecule has 1 unspecified atom stereocenters. The molecule has 17 heavy (non-hydrogen) atoms. The van der Waals surface area contributed by atoms with E-state index in [1.807, 2.05) is 25.1 Å². The van der Waals surface area contributed by atoms with Gasteiger partial charge < -0.3 is 11.1 Å². The topological polar surface area (TPSA) is 75.4 Å². The van der Waals surface area contributed by atoms with Crippen LogP contribution in [0.3, 0.4) is 0 Å². The van der Waals surface area contributed by atoms with E-state index in [-0.39, 0.29) is 18.2 Å². The minimum atomic E-state index is -0.502. The first-order chi connectivity index (χ1) is 7.99. The molecule has 3 N–H and O–H groups in total. The molecular weight excluding hydrogens is 218 g/mol. The summed E-state index contributed by atoms with van der Waals surface area (Å²) < 4.78 is 0. The summed E-state index contributed by atoms with van der Waals surface area (Å²) in [7, 11) is 1.49. The van der Waals surface area contributed by atoms with Gasteiger partial charge in [0.15, 0.2) is 0 Å². The van der Waals surface area contributed by atoms with Crippen LogP contribution in [-0.4, -0.2) is 29.8 Å². The number of hydrogen-bond acceptors (Lipinski definition) is 4. The Morgan fingerprint density at radius 3 is 2.65 bits per heavy atom. The van der Waals surface area contributed by atoms with E-state index in [0.29, 0.717) is 11.4 Å². The van der Waals surface area contributed by atoms with E-state index < -0.39 is 6.04 Å². The molecule has 5 heteroatoms. The number of rotatable bonds is 2. The summed E-state index contributed by atoms with van der Waals surface area (Å²) in [5.41, 5.74) is 8.17. The number of aryl methyl sites for hydroxylation is 1. The van der Waals surface area contributed by atoms with E-state index in [9.17, 15) is 9.59 Å². The van der Waals surface area contributed by atoms with Gasteiger partial charge in [0.05, 0.1) is 17.8 Å². The van der Waals surface area contributed by atoms with Crippen molar-refractivity contribution < 1.29 is 9.59 Å². The van der Waals surface area contributed by atoms with Crippen LogP contribution in [0.5, 0.6) is 0 Å². The summed E-state index contributed by atoms with van der Waals surface area (Å²) in [6.07, 6.45) is 0.183. The molecule has 0 aliphatic carbocycles. The quantitative estimate of drug-likeness (QED) is 0.583. The highest BCUT2D eigenvalue weighted by molar-refractivity contribution is 6.06. The summed E-state index contributed by atoms with van der Waals surface area (Å²) in [5, 5.41) is 3.01. The number of nitrogens with two attached hydrogens (primary N) is 1. The summed E-state index contributed by atoms with van der Waals surface area (Å²) in [6.45, 7) is 1.94. The Hall–Kier alpha value is -2.04. The Bertz CT molecular complexity index is 485. The second-order valence-electron chi connectivity index (χ2n) is 4.28. The molecular formula is C12H15N3O2. The summed E-state index contributed by atoms with van der Waals surface area (Å²) >= 11 is 0. The Morgan fingerprint density at radius 1 is 1.41 bits per heavy atom. The lowest BCUT2D eigenvalue weighted by molar-refractivity contribution is -0.136. The van der Waals surface area contributed by atoms with Crippen molar-refractivity contribution in [2.45, 2.75) is 19.4 Å². The van der Waals surface area contributed by atoms with Crippen LogP contribution in [0.25, 0.3) is 0 Å². The third-order valence-corrected chi connectivity index (χ3v) is 2.92. The first-order valence-corrected chi connectivity index (χ1v) is 5.42. The normalized spacial score (nSPS) is 19.9. The standard InChI is InChI=1S/C12H15N3O2/c1-7-3-4-9(8(13)5-7)14-10-6-11(16)15(2)12(10)17/h3-5,10,14H,6,13H2,1-2H3. The average Bonchev–Trinajstić information content (AvgIpc) is 2.50. The Balaban J connectivity index is 2.17. The molecule has 1 aromatic rings. The van der Waals surface area contributed by atoms with E-state index >= 15 is 0 Å². The predicted molar refractivity (Wildman–Crippen MR) is 65.4 cm³/mol. The van der Waals surface area contributed by atoms with Gasteiger partial charge in [-0.25, -0.2) is 0 Å². The molecule has 0 spiro atoms. The lowest BCUT2D eigenvalue weighted by Gasteiger charge is -2.14. The van der Waals surface area contributed by atoms with Gasteiger partial charge in [-0.05, 0) is 24.6 Å². The zero-order valence-electron chi connectivity index (χ0n) is 9.86. The SMILES string of the molecule is Cc1ccc(NC2CC(=O)N(C)C2=O)c(N)c1. The Morgan fingerprint density at radius 2 is 2.12 bits per heavy atom. The van der Waals surface area contributed by atoms with Crippen LogP contribution >= 0.6 is 0 Å². The fraction of sp³-hybridized carbons (Fsp3) is 0.333. The third kappa shape index (κ3) is 2.08. The number of benzene rings is 1. The van der Waals surface area contributed by atoms with Gasteiger partial charge in [-0.1, -0.05) is 6.07 Å². The van der Waals surface area contributed by atoms with Gasteiger partial charge in [0.2, 0.25) is 5.91 Å². The maximum absolute atomic E-state index is 11.7. The van der Waals surface area contributed by atoms with Gasteiger partial charge >= 0.3 is 0 Å². The smallest absolute Gasteiger partial charge is 0.251 e. The monoisotopic (exact) mass is 233 g/mol. The number of amides is 2. The summed E-state index contributed by atoms with van der Waals surface area (Å²) in [4.78, 5) is 24.2. The van der Waals surface area contributed by atoms with Gasteiger partial charge in [0, 0.05) is 7.05 Å². The van der Waals surface area contributed by atoms with Crippen LogP contribution in [-0.2, 0) is 9.59 Å². The molecule has 90 valence electrons. The molecule has 1 atom stereocenters. The van der Waals surface area contributed by atoms with Gasteiger partial charge in [-0.3, -0.25) is 14.5 Å². The first-order valence-electron chi connectivity index (χ1n) is 5.42. The Kier molecular flexibility index (Phi) is 2.75. The van der Waals surface area contributed by atoms with Crippen LogP contribution in [0.1, 0.15) is 12.0 Å². The number of anilines is 2. The number of nitrogens with one attached hydrogen (secondary N) is 1. The highest BCUT2D eigenvalue weighted by atomic mass is 16.2. The second kappa shape index (κ2) is 4.08. The fourth-order valence-corrected chi connectivity index (χ4v) is 1.87. The molecule has 0 bridgehead atoms. The van der Waals surface area contributed by atoms with Crippen molar-refractivity contribution in [1.82, 2.24) is 4.90 Å². The lowest BCUT2D eigenvalue weighted by atomic mass is 10.1. The molecule has 0 aromatic heterocycles. The van der Waals surface area contributed by atoms with E-state index in [1.54, 1.807) is 0 Å². The van der Waals surface area contributed by atoms with E-state index in [2.05, 4.69) is 5.32 Å². The molecule has 1 heterocycles. The molecule has 1 aliphatic heterocycles. The number of likely N-dealkylation sites (tertiary alicyclic amines) is 1. The highest BCUT2D eigenvalue weighted by Crippen LogP contribution is 2.23. The number of hydrogen-bond donors (Lipinski definition) is 2. The van der Waals surface area contributed by atoms with Crippen LogP contribution in [0.2, 0.25) is 0 Å². The zero-order valence-corrected chi connectivity index (χ0v) is 9.86. The van der Waals surface area contributed by atoms with Gasteiger partial charge in [0.1, 0.15) is 6.04 Å². The number of carbonyl (C=O) groups is 2. The van der Waals surface area contributed by atoms with Crippen LogP contribution < -0.4 is 11.1 Å². The predicted octanol–water partition coefficient (Wildman–Crippen LogP) is 0.746. The van der Waals surface area contributed by atoms with Gasteiger partial charge in [0.25, 0.3) is 5.91 Å². The molecule has 1 fully saturated rings. The molecule has 2 rings (SSSR count). The number of likely N-dealkylation sites (N-methyl/N-ethyl adjacent to an activating group) is 1. The van der Waals surface area contributed by atoms with Crippen molar-refractivity contribution in [3.8, 4) is 0 Å². The van der Waals surface area contributed by atoms with Crippen LogP contribution in [0.4, 0.5) is 11.4 Å². The van der Waals surface area contributed by atoms with Crippen molar-refractivity contribution in [1.29, 1.82) is 0 Å². The van der Waals surface area contributed by atoms with Crippen molar-refractivity contribution in [3.05, 3.63) is 23.8 Å². The third-order valence-electron chi connectivity index (χ3n) is 2.92. The van der Waals surface area contributed by atoms with E-state index in [1.165, 1.54) is 7.05 Å². The average molecular weight is 233 g/mol. The van der Waals surface area contributed by atoms with Crippen molar-refractivity contribution >= 4 is 23.2 Å². The summed E-state index contributed by atoms with van der Waals surface area (Å²) in [5.74, 6) is -0.381. The Labute approximate surface area is 99.6 Å². The largest absolute Gasteiger partial charge is 0.397 e. The number of imide groups is 1. The molecule has 2 amide bonds. The fourth-order valence-electron chi connectivity index (χ4n) is 1.87. The number of nitrogens with zero attached hydrogens (tertiary/aromatic N) is 1. The number of carbonyl (C=O) groups excluding carboxylic acids is 2. The molecule has 1 aromatic carbocycles. The van der Waals surface area contributed by atoms with Crippen LogP contribution in [0, 0.1) is 6.92 Å². The minimum absolute atomic E-state index is 0.168. The molecule has 0 saturated carbocycles. The number of nitrogen functional groups attached to an aromatic ring is 1. The van der Waals surface area contributed by atoms with Crippen molar-refractivity contribution in [2.24, 2.45) is 0 Å². The second-order valence-corrected chi connectivity index (χ2v) is 4.28. The van der Waals surface area contributed by atoms with Crippen LogP contribution in [0.15, 0.2) is 18.2 Å². The molecule has 5 nitrogen and oxygen atoms in total.